The Balaban J connectivity index is 3.10. The van der Waals surface area contributed by atoms with Gasteiger partial charge in [0.2, 0.25) is 0 Å². The molecule has 0 aliphatic carbocycles. The van der Waals surface area contributed by atoms with Crippen molar-refractivity contribution in [2.24, 2.45) is 0 Å². The van der Waals surface area contributed by atoms with Crippen LogP contribution in [0.15, 0.2) is 18.2 Å². The molecule has 84 valence electrons. The fourth-order valence-electron chi connectivity index (χ4n) is 1.65. The van der Waals surface area contributed by atoms with Crippen molar-refractivity contribution >= 4 is 0 Å². The van der Waals surface area contributed by atoms with Gasteiger partial charge in [-0.25, -0.2) is 0 Å². The summed E-state index contributed by atoms with van der Waals surface area (Å²) in [5.74, 6) is 0. The van der Waals surface area contributed by atoms with Crippen LogP contribution in [-0.2, 0) is 19.0 Å². The van der Waals surface area contributed by atoms with Crippen molar-refractivity contribution in [1.29, 1.82) is 0 Å². The number of rotatable bonds is 3. The number of hydrogen-bond donors (Lipinski definition) is 0. The summed E-state index contributed by atoms with van der Waals surface area (Å²) in [6.07, 6.45) is -1.86. The van der Waals surface area contributed by atoms with E-state index >= 15 is 0 Å². The van der Waals surface area contributed by atoms with Crippen LogP contribution in [0.25, 0.3) is 0 Å². The Morgan fingerprint density at radius 3 is 2.20 bits per heavy atom. The predicted octanol–water partition coefficient (Wildman–Crippen LogP) is 4.22. The van der Waals surface area contributed by atoms with E-state index in [2.05, 4.69) is 0 Å². The molecule has 0 aromatic heterocycles. The van der Waals surface area contributed by atoms with Gasteiger partial charge >= 0.3 is 6.18 Å². The highest BCUT2D eigenvalue weighted by atomic mass is 19.4. The highest BCUT2D eigenvalue weighted by Crippen LogP contribution is 2.31. The molecule has 0 atom stereocenters. The second-order valence-electron chi connectivity index (χ2n) is 3.58. The lowest BCUT2D eigenvalue weighted by molar-refractivity contribution is -0.137. The average Bonchev–Trinajstić information content (AvgIpc) is 2.17. The minimum Gasteiger partial charge on any atom is -0.166 e. The summed E-state index contributed by atoms with van der Waals surface area (Å²) >= 11 is 0. The average molecular weight is 216 g/mol. The zero-order valence-electron chi connectivity index (χ0n) is 8.99. The SMILES string of the molecule is CCCc1cc(C(F)(F)F)ccc1CC. The molecule has 0 radical (unpaired) electrons. The first kappa shape index (κ1) is 12.1. The van der Waals surface area contributed by atoms with Crippen molar-refractivity contribution in [3.63, 3.8) is 0 Å². The summed E-state index contributed by atoms with van der Waals surface area (Å²) in [5.41, 5.74) is 1.31. The van der Waals surface area contributed by atoms with Crippen LogP contribution in [0.1, 0.15) is 37.0 Å². The Labute approximate surface area is 88.1 Å². The summed E-state index contributed by atoms with van der Waals surface area (Å²) < 4.78 is 37.3. The smallest absolute Gasteiger partial charge is 0.166 e. The fourth-order valence-corrected chi connectivity index (χ4v) is 1.65. The van der Waals surface area contributed by atoms with Crippen LogP contribution >= 0.6 is 0 Å². The topological polar surface area (TPSA) is 0 Å². The van der Waals surface area contributed by atoms with Gasteiger partial charge in [-0.1, -0.05) is 26.3 Å². The lowest BCUT2D eigenvalue weighted by Gasteiger charge is -2.12. The van der Waals surface area contributed by atoms with Crippen LogP contribution in [0, 0.1) is 0 Å². The van der Waals surface area contributed by atoms with Crippen LogP contribution in [0.2, 0.25) is 0 Å². The van der Waals surface area contributed by atoms with Crippen molar-refractivity contribution in [2.45, 2.75) is 39.3 Å². The molecule has 0 saturated carbocycles. The van der Waals surface area contributed by atoms with Gasteiger partial charge in [0.25, 0.3) is 0 Å². The molecule has 15 heavy (non-hydrogen) atoms. The summed E-state index contributed by atoms with van der Waals surface area (Å²) in [5, 5.41) is 0. The van der Waals surface area contributed by atoms with Gasteiger partial charge in [-0.05, 0) is 36.1 Å². The van der Waals surface area contributed by atoms with E-state index in [1.54, 1.807) is 6.07 Å². The van der Waals surface area contributed by atoms with E-state index in [-0.39, 0.29) is 0 Å². The van der Waals surface area contributed by atoms with Crippen LogP contribution in [0.4, 0.5) is 13.2 Å². The molecule has 0 nitrogen and oxygen atoms in total. The van der Waals surface area contributed by atoms with Crippen molar-refractivity contribution in [2.75, 3.05) is 0 Å². The third kappa shape index (κ3) is 2.98. The highest BCUT2D eigenvalue weighted by Gasteiger charge is 2.30. The molecule has 0 amide bonds. The van der Waals surface area contributed by atoms with E-state index in [4.69, 9.17) is 0 Å². The van der Waals surface area contributed by atoms with Gasteiger partial charge in [0.05, 0.1) is 5.56 Å². The third-order valence-corrected chi connectivity index (χ3v) is 2.43. The summed E-state index contributed by atoms with van der Waals surface area (Å²) in [6.45, 7) is 3.93. The Kier molecular flexibility index (Phi) is 3.77. The standard InChI is InChI=1S/C12H15F3/c1-3-5-10-8-11(12(13,14)15)7-6-9(10)4-2/h6-8H,3-5H2,1-2H3. The molecule has 0 aliphatic heterocycles. The third-order valence-electron chi connectivity index (χ3n) is 2.43. The molecule has 0 spiro atoms. The van der Waals surface area contributed by atoms with Crippen LogP contribution < -0.4 is 0 Å². The number of halogens is 3. The fraction of sp³-hybridized carbons (Fsp3) is 0.500. The Bertz CT molecular complexity index is 326. The zero-order valence-corrected chi connectivity index (χ0v) is 8.99. The van der Waals surface area contributed by atoms with E-state index < -0.39 is 11.7 Å². The lowest BCUT2D eigenvalue weighted by Crippen LogP contribution is -2.06. The van der Waals surface area contributed by atoms with E-state index in [1.165, 1.54) is 6.07 Å². The number of aryl methyl sites for hydroxylation is 2. The molecular formula is C12H15F3. The summed E-state index contributed by atoms with van der Waals surface area (Å²) in [6, 6.07) is 4.04. The van der Waals surface area contributed by atoms with Crippen molar-refractivity contribution in [3.05, 3.63) is 34.9 Å². The molecule has 0 unspecified atom stereocenters. The number of benzene rings is 1. The first-order valence-electron chi connectivity index (χ1n) is 5.18. The minimum absolute atomic E-state index is 0.539. The van der Waals surface area contributed by atoms with Crippen LogP contribution in [0.3, 0.4) is 0 Å². The van der Waals surface area contributed by atoms with E-state index in [1.807, 2.05) is 13.8 Å². The Morgan fingerprint density at radius 2 is 1.73 bits per heavy atom. The van der Waals surface area contributed by atoms with Crippen LogP contribution in [-0.4, -0.2) is 0 Å². The van der Waals surface area contributed by atoms with Gasteiger partial charge < -0.3 is 0 Å². The molecule has 1 aromatic carbocycles. The zero-order chi connectivity index (χ0) is 11.5. The van der Waals surface area contributed by atoms with Crippen LogP contribution in [0.5, 0.6) is 0 Å². The number of hydrogen-bond acceptors (Lipinski definition) is 0. The Morgan fingerprint density at radius 1 is 1.07 bits per heavy atom. The first-order valence-corrected chi connectivity index (χ1v) is 5.18. The van der Waals surface area contributed by atoms with Gasteiger partial charge in [-0.15, -0.1) is 0 Å². The molecule has 0 saturated heterocycles. The van der Waals surface area contributed by atoms with E-state index in [0.29, 0.717) is 6.42 Å². The largest absolute Gasteiger partial charge is 0.416 e. The predicted molar refractivity (Wildman–Crippen MR) is 54.8 cm³/mol. The summed E-state index contributed by atoms with van der Waals surface area (Å²) in [7, 11) is 0. The Hall–Kier alpha value is -0.990. The molecule has 0 bridgehead atoms. The normalized spacial score (nSPS) is 11.8. The molecule has 0 aliphatic rings. The maximum absolute atomic E-state index is 12.4. The minimum atomic E-state index is -4.23. The second-order valence-corrected chi connectivity index (χ2v) is 3.58. The first-order chi connectivity index (χ1) is 6.99. The maximum atomic E-state index is 12.4. The van der Waals surface area contributed by atoms with Crippen molar-refractivity contribution in [1.82, 2.24) is 0 Å². The molecule has 0 N–H and O–H groups in total. The quantitative estimate of drug-likeness (QED) is 0.709. The maximum Gasteiger partial charge on any atom is 0.416 e. The highest BCUT2D eigenvalue weighted by molar-refractivity contribution is 5.33. The van der Waals surface area contributed by atoms with Gasteiger partial charge in [-0.2, -0.15) is 13.2 Å². The van der Waals surface area contributed by atoms with Crippen molar-refractivity contribution in [3.8, 4) is 0 Å². The molecule has 3 heteroatoms. The van der Waals surface area contributed by atoms with Gasteiger partial charge in [0.1, 0.15) is 0 Å². The summed E-state index contributed by atoms with van der Waals surface area (Å²) in [4.78, 5) is 0. The van der Waals surface area contributed by atoms with E-state index in [9.17, 15) is 13.2 Å². The van der Waals surface area contributed by atoms with Gasteiger partial charge in [-0.3, -0.25) is 0 Å². The molecular weight excluding hydrogens is 201 g/mol. The number of alkyl halides is 3. The monoisotopic (exact) mass is 216 g/mol. The molecule has 0 fully saturated rings. The molecule has 1 aromatic rings. The second kappa shape index (κ2) is 4.69. The van der Waals surface area contributed by atoms with E-state index in [0.717, 1.165) is 30.0 Å². The lowest BCUT2D eigenvalue weighted by atomic mass is 9.98. The van der Waals surface area contributed by atoms with Gasteiger partial charge in [0, 0.05) is 0 Å². The van der Waals surface area contributed by atoms with Crippen molar-refractivity contribution < 1.29 is 13.2 Å². The molecule has 0 heterocycles. The van der Waals surface area contributed by atoms with Gasteiger partial charge in [0.15, 0.2) is 0 Å². The molecule has 1 rings (SSSR count).